The van der Waals surface area contributed by atoms with Crippen LogP contribution in [0.3, 0.4) is 0 Å². The number of aryl methyl sites for hydroxylation is 1. The molecule has 3 rings (SSSR count). The van der Waals surface area contributed by atoms with Gasteiger partial charge in [0.1, 0.15) is 0 Å². The largest absolute Gasteiger partial charge is 0.478 e. The molecule has 0 atom stereocenters. The average Bonchev–Trinajstić information content (AvgIpc) is 2.73. The molecule has 0 aromatic heterocycles. The first kappa shape index (κ1) is 21.1. The molecule has 0 radical (unpaired) electrons. The molecule has 0 fully saturated rings. The van der Waals surface area contributed by atoms with Gasteiger partial charge < -0.3 is 10.4 Å². The van der Waals surface area contributed by atoms with Crippen LogP contribution in [0.1, 0.15) is 26.3 Å². The smallest absolute Gasteiger partial charge is 0.335 e. The predicted molar refractivity (Wildman–Crippen MR) is 115 cm³/mol. The monoisotopic (exact) mass is 424 g/mol. The van der Waals surface area contributed by atoms with Crippen molar-refractivity contribution in [2.45, 2.75) is 11.8 Å². The Morgan fingerprint density at radius 3 is 2.20 bits per heavy atom. The third-order valence-electron chi connectivity index (χ3n) is 4.51. The topological polar surface area (TPSA) is 104 Å². The van der Waals surface area contributed by atoms with Crippen molar-refractivity contribution in [2.24, 2.45) is 0 Å². The summed E-state index contributed by atoms with van der Waals surface area (Å²) in [5.41, 5.74) is 2.10. The fraction of sp³-hybridized carbons (Fsp3) is 0.0909. The van der Waals surface area contributed by atoms with Gasteiger partial charge in [0.05, 0.1) is 16.1 Å². The minimum absolute atomic E-state index is 0.0495. The minimum Gasteiger partial charge on any atom is -0.478 e. The van der Waals surface area contributed by atoms with E-state index in [2.05, 4.69) is 5.32 Å². The molecule has 30 heavy (non-hydrogen) atoms. The number of carboxylic acid groups (broad SMARTS) is 1. The number of carbonyl (C=O) groups is 2. The maximum absolute atomic E-state index is 12.9. The molecular formula is C22H20N2O5S. The van der Waals surface area contributed by atoms with Crippen molar-refractivity contribution in [3.63, 3.8) is 0 Å². The van der Waals surface area contributed by atoms with Crippen LogP contribution in [0, 0.1) is 6.92 Å². The van der Waals surface area contributed by atoms with Crippen LogP contribution in [0.2, 0.25) is 0 Å². The highest BCUT2D eigenvalue weighted by Crippen LogP contribution is 2.23. The zero-order valence-electron chi connectivity index (χ0n) is 16.4. The summed E-state index contributed by atoms with van der Waals surface area (Å²) in [5, 5.41) is 11.6. The number of aromatic carboxylic acids is 1. The van der Waals surface area contributed by atoms with E-state index in [1.807, 2.05) is 13.0 Å². The molecule has 7 nitrogen and oxygen atoms in total. The molecule has 0 aliphatic carbocycles. The second-order valence-electron chi connectivity index (χ2n) is 6.68. The second kappa shape index (κ2) is 8.38. The number of amides is 1. The van der Waals surface area contributed by atoms with Gasteiger partial charge in [-0.15, -0.1) is 0 Å². The number of anilines is 2. The van der Waals surface area contributed by atoms with Crippen LogP contribution in [0.4, 0.5) is 11.4 Å². The van der Waals surface area contributed by atoms with E-state index in [1.165, 1.54) is 53.8 Å². The predicted octanol–water partition coefficient (Wildman–Crippen LogP) is 3.77. The van der Waals surface area contributed by atoms with Crippen LogP contribution in [0.15, 0.2) is 77.7 Å². The Hall–Kier alpha value is -3.65. The van der Waals surface area contributed by atoms with E-state index >= 15 is 0 Å². The molecule has 2 N–H and O–H groups in total. The molecule has 8 heteroatoms. The number of nitrogens with one attached hydrogen (secondary N) is 1. The fourth-order valence-corrected chi connectivity index (χ4v) is 4.02. The summed E-state index contributed by atoms with van der Waals surface area (Å²) in [6.45, 7) is 1.88. The first-order chi connectivity index (χ1) is 14.2. The Labute approximate surface area is 174 Å². The Morgan fingerprint density at radius 2 is 1.57 bits per heavy atom. The molecule has 0 saturated heterocycles. The number of hydrogen-bond acceptors (Lipinski definition) is 4. The summed E-state index contributed by atoms with van der Waals surface area (Å²) in [7, 11) is -2.32. The molecule has 3 aromatic carbocycles. The summed E-state index contributed by atoms with van der Waals surface area (Å²) >= 11 is 0. The van der Waals surface area contributed by atoms with Crippen LogP contribution in [-0.2, 0) is 10.0 Å². The van der Waals surface area contributed by atoms with E-state index < -0.39 is 21.9 Å². The van der Waals surface area contributed by atoms with Gasteiger partial charge in [0, 0.05) is 18.3 Å². The molecule has 0 saturated carbocycles. The van der Waals surface area contributed by atoms with Gasteiger partial charge in [-0.25, -0.2) is 13.2 Å². The van der Waals surface area contributed by atoms with Crippen molar-refractivity contribution in [3.05, 3.63) is 89.5 Å². The molecule has 3 aromatic rings. The maximum Gasteiger partial charge on any atom is 0.335 e. The summed E-state index contributed by atoms with van der Waals surface area (Å²) in [4.78, 5) is 23.5. The van der Waals surface area contributed by atoms with Crippen LogP contribution in [0.5, 0.6) is 0 Å². The quantitative estimate of drug-likeness (QED) is 0.627. The van der Waals surface area contributed by atoms with Crippen LogP contribution in [0.25, 0.3) is 0 Å². The number of hydrogen-bond donors (Lipinski definition) is 2. The maximum atomic E-state index is 12.9. The van der Waals surface area contributed by atoms with E-state index in [0.717, 1.165) is 5.56 Å². The van der Waals surface area contributed by atoms with E-state index in [-0.39, 0.29) is 16.0 Å². The lowest BCUT2D eigenvalue weighted by atomic mass is 10.2. The van der Waals surface area contributed by atoms with Gasteiger partial charge in [0.25, 0.3) is 15.9 Å². The van der Waals surface area contributed by atoms with Gasteiger partial charge in [-0.1, -0.05) is 18.2 Å². The lowest BCUT2D eigenvalue weighted by Gasteiger charge is -2.20. The third-order valence-corrected chi connectivity index (χ3v) is 6.31. The second-order valence-corrected chi connectivity index (χ2v) is 8.65. The van der Waals surface area contributed by atoms with E-state index in [4.69, 9.17) is 5.11 Å². The van der Waals surface area contributed by atoms with Crippen LogP contribution >= 0.6 is 0 Å². The SMILES string of the molecule is Cc1cccc(N(C)S(=O)(=O)c2ccc(C(=O)Nc3cccc(C(=O)O)c3)cc2)c1. The zero-order valence-corrected chi connectivity index (χ0v) is 17.2. The number of benzene rings is 3. The number of carbonyl (C=O) groups excluding carboxylic acids is 1. The van der Waals surface area contributed by atoms with E-state index in [9.17, 15) is 18.0 Å². The highest BCUT2D eigenvalue weighted by Gasteiger charge is 2.21. The highest BCUT2D eigenvalue weighted by molar-refractivity contribution is 7.92. The Morgan fingerprint density at radius 1 is 0.900 bits per heavy atom. The first-order valence-electron chi connectivity index (χ1n) is 8.99. The van der Waals surface area contributed by atoms with Gasteiger partial charge in [-0.05, 0) is 67.1 Å². The van der Waals surface area contributed by atoms with E-state index in [1.54, 1.807) is 24.3 Å². The van der Waals surface area contributed by atoms with Gasteiger partial charge in [-0.2, -0.15) is 0 Å². The molecule has 0 bridgehead atoms. The molecular weight excluding hydrogens is 404 g/mol. The molecule has 0 unspecified atom stereocenters. The van der Waals surface area contributed by atoms with Crippen LogP contribution in [-0.4, -0.2) is 32.4 Å². The molecule has 0 heterocycles. The normalized spacial score (nSPS) is 11.0. The van der Waals surface area contributed by atoms with Crippen molar-refractivity contribution in [1.82, 2.24) is 0 Å². The number of rotatable bonds is 6. The van der Waals surface area contributed by atoms with Gasteiger partial charge in [-0.3, -0.25) is 9.10 Å². The molecule has 1 amide bonds. The van der Waals surface area contributed by atoms with Gasteiger partial charge in [0.2, 0.25) is 0 Å². The standard InChI is InChI=1S/C22H20N2O5S/c1-15-5-3-8-19(13-15)24(2)30(28,29)20-11-9-16(10-12-20)21(25)23-18-7-4-6-17(14-18)22(26)27/h3-14H,1-2H3,(H,23,25)(H,26,27). The average molecular weight is 424 g/mol. The Balaban J connectivity index is 1.79. The fourth-order valence-electron chi connectivity index (χ4n) is 2.83. The summed E-state index contributed by atoms with van der Waals surface area (Å²) in [5.74, 6) is -1.58. The number of nitrogens with zero attached hydrogens (tertiary/aromatic N) is 1. The lowest BCUT2D eigenvalue weighted by molar-refractivity contribution is 0.0696. The highest BCUT2D eigenvalue weighted by atomic mass is 32.2. The summed E-state index contributed by atoms with van der Waals surface area (Å²) in [6.07, 6.45) is 0. The van der Waals surface area contributed by atoms with Gasteiger partial charge >= 0.3 is 5.97 Å². The Bertz CT molecular complexity index is 1200. The van der Waals surface area contributed by atoms with Gasteiger partial charge in [0.15, 0.2) is 0 Å². The van der Waals surface area contributed by atoms with E-state index in [0.29, 0.717) is 11.4 Å². The van der Waals surface area contributed by atoms with Crippen molar-refractivity contribution >= 4 is 33.3 Å². The third kappa shape index (κ3) is 4.49. The van der Waals surface area contributed by atoms with Crippen molar-refractivity contribution in [1.29, 1.82) is 0 Å². The molecule has 0 spiro atoms. The molecule has 0 aliphatic rings. The Kier molecular flexibility index (Phi) is 5.89. The first-order valence-corrected chi connectivity index (χ1v) is 10.4. The zero-order chi connectivity index (χ0) is 21.9. The lowest BCUT2D eigenvalue weighted by Crippen LogP contribution is -2.26. The van der Waals surface area contributed by atoms with Crippen molar-refractivity contribution in [3.8, 4) is 0 Å². The molecule has 0 aliphatic heterocycles. The minimum atomic E-state index is -3.79. The van der Waals surface area contributed by atoms with Crippen molar-refractivity contribution in [2.75, 3.05) is 16.7 Å². The molecule has 154 valence electrons. The number of sulfonamides is 1. The van der Waals surface area contributed by atoms with Crippen molar-refractivity contribution < 1.29 is 23.1 Å². The summed E-state index contributed by atoms with van der Waals surface area (Å²) < 4.78 is 27.0. The summed E-state index contributed by atoms with van der Waals surface area (Å²) in [6, 6.07) is 18.5. The number of carboxylic acids is 1. The van der Waals surface area contributed by atoms with Crippen LogP contribution < -0.4 is 9.62 Å².